The van der Waals surface area contributed by atoms with Gasteiger partial charge in [-0.1, -0.05) is 0 Å². The second kappa shape index (κ2) is 8.34. The molecule has 0 atom stereocenters. The van der Waals surface area contributed by atoms with Crippen molar-refractivity contribution in [1.29, 1.82) is 0 Å². The van der Waals surface area contributed by atoms with E-state index < -0.39 is 5.97 Å². The van der Waals surface area contributed by atoms with Crippen LogP contribution < -0.4 is 9.47 Å². The van der Waals surface area contributed by atoms with E-state index >= 15 is 0 Å². The Hall–Kier alpha value is -1.79. The molecular formula is C13H17O6. The number of carbonyl (C=O) groups excluding carboxylic acids is 1. The minimum absolute atomic E-state index is 0.214. The van der Waals surface area contributed by atoms with Crippen molar-refractivity contribution in [3.8, 4) is 11.5 Å². The molecule has 19 heavy (non-hydrogen) atoms. The molecule has 0 saturated carbocycles. The van der Waals surface area contributed by atoms with Crippen LogP contribution in [0, 0.1) is 6.61 Å². The van der Waals surface area contributed by atoms with Crippen molar-refractivity contribution < 1.29 is 28.8 Å². The number of benzene rings is 1. The summed E-state index contributed by atoms with van der Waals surface area (Å²) in [6.45, 7) is 3.88. The highest BCUT2D eigenvalue weighted by Gasteiger charge is 2.16. The lowest BCUT2D eigenvalue weighted by atomic mass is 10.2. The largest absolute Gasteiger partial charge is 0.497 e. The van der Waals surface area contributed by atoms with Gasteiger partial charge in [-0.05, 0) is 25.1 Å². The van der Waals surface area contributed by atoms with Gasteiger partial charge in [0.1, 0.15) is 17.1 Å². The van der Waals surface area contributed by atoms with Crippen LogP contribution in [0.15, 0.2) is 18.2 Å². The van der Waals surface area contributed by atoms with Gasteiger partial charge in [-0.15, -0.1) is 0 Å². The van der Waals surface area contributed by atoms with E-state index in [-0.39, 0.29) is 12.2 Å². The minimum atomic E-state index is -0.677. The zero-order valence-corrected chi connectivity index (χ0v) is 11.2. The predicted octanol–water partition coefficient (Wildman–Crippen LogP) is 1.99. The van der Waals surface area contributed by atoms with E-state index in [0.29, 0.717) is 18.1 Å². The molecule has 1 aromatic rings. The van der Waals surface area contributed by atoms with E-state index in [1.165, 1.54) is 26.9 Å². The van der Waals surface area contributed by atoms with Crippen molar-refractivity contribution in [2.24, 2.45) is 0 Å². The first kappa shape index (κ1) is 15.3. The van der Waals surface area contributed by atoms with Crippen LogP contribution in [0.5, 0.6) is 11.5 Å². The van der Waals surface area contributed by atoms with E-state index in [4.69, 9.17) is 14.2 Å². The quantitative estimate of drug-likeness (QED) is 0.408. The molecule has 0 spiro atoms. The summed E-state index contributed by atoms with van der Waals surface area (Å²) in [6, 6.07) is 4.80. The van der Waals surface area contributed by atoms with Crippen LogP contribution in [0.2, 0.25) is 0 Å². The molecule has 0 saturated heterocycles. The van der Waals surface area contributed by atoms with Gasteiger partial charge in [-0.25, -0.2) is 4.79 Å². The van der Waals surface area contributed by atoms with Crippen LogP contribution in [0.1, 0.15) is 17.3 Å². The Morgan fingerprint density at radius 1 is 1.26 bits per heavy atom. The van der Waals surface area contributed by atoms with Crippen molar-refractivity contribution in [2.45, 2.75) is 6.92 Å². The smallest absolute Gasteiger partial charge is 0.376 e. The first-order chi connectivity index (χ1) is 9.22. The Kier molecular flexibility index (Phi) is 6.70. The summed E-state index contributed by atoms with van der Waals surface area (Å²) in [7, 11) is 2.96. The van der Waals surface area contributed by atoms with E-state index in [1.807, 2.05) is 6.92 Å². The van der Waals surface area contributed by atoms with E-state index in [0.717, 1.165) is 0 Å². The van der Waals surface area contributed by atoms with Gasteiger partial charge < -0.3 is 14.2 Å². The first-order valence-corrected chi connectivity index (χ1v) is 5.72. The number of rotatable bonds is 8. The fourth-order valence-corrected chi connectivity index (χ4v) is 1.29. The Morgan fingerprint density at radius 3 is 2.68 bits per heavy atom. The summed E-state index contributed by atoms with van der Waals surface area (Å²) in [4.78, 5) is 21.0. The number of methoxy groups -OCH3 is 2. The fraction of sp³-hybridized carbons (Fsp3) is 0.385. The van der Waals surface area contributed by atoms with Crippen LogP contribution in [-0.2, 0) is 14.5 Å². The van der Waals surface area contributed by atoms with E-state index in [2.05, 4.69) is 9.78 Å². The van der Waals surface area contributed by atoms with Gasteiger partial charge in [0.15, 0.2) is 6.61 Å². The second-order valence-corrected chi connectivity index (χ2v) is 3.36. The van der Waals surface area contributed by atoms with Gasteiger partial charge in [0, 0.05) is 6.61 Å². The molecule has 0 fully saturated rings. The number of carbonyl (C=O) groups is 1. The zero-order valence-electron chi connectivity index (χ0n) is 11.2. The van der Waals surface area contributed by atoms with Gasteiger partial charge in [0.2, 0.25) is 0 Å². The molecule has 0 bridgehead atoms. The molecule has 0 aliphatic heterocycles. The summed E-state index contributed by atoms with van der Waals surface area (Å²) >= 11 is 0. The number of ether oxygens (including phenoxy) is 3. The molecule has 0 aliphatic carbocycles. The first-order valence-electron chi connectivity index (χ1n) is 5.72. The summed E-state index contributed by atoms with van der Waals surface area (Å²) in [5.41, 5.74) is 0.214. The average Bonchev–Trinajstić information content (AvgIpc) is 2.46. The monoisotopic (exact) mass is 269 g/mol. The molecule has 0 unspecified atom stereocenters. The normalized spacial score (nSPS) is 10.1. The van der Waals surface area contributed by atoms with Crippen molar-refractivity contribution in [3.63, 3.8) is 0 Å². The maximum absolute atomic E-state index is 11.8. The molecule has 105 valence electrons. The third-order valence-corrected chi connectivity index (χ3v) is 2.21. The third kappa shape index (κ3) is 4.76. The summed E-state index contributed by atoms with van der Waals surface area (Å²) in [6.07, 6.45) is 0. The lowest BCUT2D eigenvalue weighted by Gasteiger charge is -2.09. The average molecular weight is 269 g/mol. The van der Waals surface area contributed by atoms with Crippen LogP contribution >= 0.6 is 0 Å². The van der Waals surface area contributed by atoms with Gasteiger partial charge in [0.05, 0.1) is 20.8 Å². The molecule has 1 rings (SSSR count). The number of hydrogen-bond acceptors (Lipinski definition) is 6. The molecule has 0 amide bonds. The van der Waals surface area contributed by atoms with Crippen LogP contribution in [0.25, 0.3) is 0 Å². The second-order valence-electron chi connectivity index (χ2n) is 3.36. The Balaban J connectivity index is 2.59. The minimum Gasteiger partial charge on any atom is -0.497 e. The van der Waals surface area contributed by atoms with Crippen molar-refractivity contribution in [2.75, 3.05) is 27.4 Å². The third-order valence-electron chi connectivity index (χ3n) is 2.21. The molecule has 6 nitrogen and oxygen atoms in total. The van der Waals surface area contributed by atoms with Crippen LogP contribution in [0.3, 0.4) is 0 Å². The molecular weight excluding hydrogens is 252 g/mol. The van der Waals surface area contributed by atoms with Crippen molar-refractivity contribution in [1.82, 2.24) is 0 Å². The maximum Gasteiger partial charge on any atom is 0.376 e. The maximum atomic E-state index is 11.8. The van der Waals surface area contributed by atoms with Gasteiger partial charge in [0.25, 0.3) is 0 Å². The number of hydrogen-bond donors (Lipinski definition) is 0. The highest BCUT2D eigenvalue weighted by Crippen LogP contribution is 2.24. The summed E-state index contributed by atoms with van der Waals surface area (Å²) < 4.78 is 15.1. The summed E-state index contributed by atoms with van der Waals surface area (Å²) in [5, 5.41) is 0. The van der Waals surface area contributed by atoms with E-state index in [9.17, 15) is 4.79 Å². The highest BCUT2D eigenvalue weighted by atomic mass is 17.2. The van der Waals surface area contributed by atoms with Gasteiger partial charge in [-0.3, -0.25) is 4.89 Å². The fourth-order valence-electron chi connectivity index (χ4n) is 1.29. The molecule has 1 aromatic carbocycles. The predicted molar refractivity (Wildman–Crippen MR) is 66.8 cm³/mol. The highest BCUT2D eigenvalue weighted by molar-refractivity contribution is 5.92. The molecule has 1 radical (unpaired) electrons. The standard InChI is InChI=1S/C13H17O6/c1-4-17-7-8-18-19-13(14)11-9-10(15-2)5-6-12(11)16-3/h5-6,8-9H,4,7H2,1-3H3. The summed E-state index contributed by atoms with van der Waals surface area (Å²) in [5.74, 6) is 0.216. The molecule has 6 heteroatoms. The molecule has 0 aromatic heterocycles. The lowest BCUT2D eigenvalue weighted by Crippen LogP contribution is -2.09. The Morgan fingerprint density at radius 2 is 2.05 bits per heavy atom. The van der Waals surface area contributed by atoms with Crippen molar-refractivity contribution >= 4 is 5.97 Å². The molecule has 0 N–H and O–H groups in total. The zero-order chi connectivity index (χ0) is 14.1. The van der Waals surface area contributed by atoms with Crippen LogP contribution in [-0.4, -0.2) is 33.4 Å². The molecule has 0 heterocycles. The lowest BCUT2D eigenvalue weighted by molar-refractivity contribution is -0.218. The SMILES string of the molecule is CCOC[CH]OOC(=O)c1cc(OC)ccc1OC. The Bertz CT molecular complexity index is 404. The topological polar surface area (TPSA) is 63.2 Å². The molecule has 0 aliphatic rings. The van der Waals surface area contributed by atoms with E-state index in [1.54, 1.807) is 12.1 Å². The Labute approximate surface area is 112 Å². The van der Waals surface area contributed by atoms with Crippen LogP contribution in [0.4, 0.5) is 0 Å². The van der Waals surface area contributed by atoms with Crippen molar-refractivity contribution in [3.05, 3.63) is 30.4 Å². The van der Waals surface area contributed by atoms with Gasteiger partial charge >= 0.3 is 5.97 Å². The van der Waals surface area contributed by atoms with Gasteiger partial charge in [-0.2, -0.15) is 4.89 Å².